The van der Waals surface area contributed by atoms with E-state index < -0.39 is 27.9 Å². The number of fused-ring (bicyclic) bond motifs is 1. The van der Waals surface area contributed by atoms with Gasteiger partial charge in [-0.05, 0) is 37.1 Å². The molecule has 3 N–H and O–H groups in total. The Hall–Kier alpha value is -4.72. The van der Waals surface area contributed by atoms with Crippen LogP contribution in [0, 0.1) is 19.7 Å². The van der Waals surface area contributed by atoms with Crippen LogP contribution in [0.4, 0.5) is 10.1 Å². The summed E-state index contributed by atoms with van der Waals surface area (Å²) in [5.74, 6) is -0.448. The summed E-state index contributed by atoms with van der Waals surface area (Å²) in [7, 11) is -3.66. The van der Waals surface area contributed by atoms with Crippen molar-refractivity contribution in [2.75, 3.05) is 17.1 Å². The molecule has 0 saturated heterocycles. The van der Waals surface area contributed by atoms with Crippen molar-refractivity contribution in [2.45, 2.75) is 26.4 Å². The van der Waals surface area contributed by atoms with E-state index in [1.165, 1.54) is 16.4 Å². The molecule has 0 spiro atoms. The van der Waals surface area contributed by atoms with E-state index in [0.717, 1.165) is 12.6 Å². The van der Waals surface area contributed by atoms with Crippen molar-refractivity contribution in [1.29, 1.82) is 0 Å². The van der Waals surface area contributed by atoms with Crippen LogP contribution in [0.5, 0.6) is 0 Å². The summed E-state index contributed by atoms with van der Waals surface area (Å²) in [5, 5.41) is 12.4. The Morgan fingerprint density at radius 3 is 2.50 bits per heavy atom. The summed E-state index contributed by atoms with van der Waals surface area (Å²) in [6.07, 6.45) is 2.19. The van der Waals surface area contributed by atoms with E-state index in [1.54, 1.807) is 44.2 Å². The summed E-state index contributed by atoms with van der Waals surface area (Å²) in [6.45, 7) is 3.50. The predicted molar refractivity (Wildman–Crippen MR) is 143 cm³/mol. The van der Waals surface area contributed by atoms with Gasteiger partial charge in [-0.3, -0.25) is 19.0 Å². The zero-order valence-electron chi connectivity index (χ0n) is 21.8. The fourth-order valence-corrected chi connectivity index (χ4v) is 5.33. The molecule has 0 radical (unpaired) electrons. The number of nitrogens with zero attached hydrogens (tertiary/aromatic N) is 5. The number of hydrogen-bond donors (Lipinski definition) is 3. The first-order valence-corrected chi connectivity index (χ1v) is 14.0. The van der Waals surface area contributed by atoms with Crippen molar-refractivity contribution in [3.63, 3.8) is 0 Å². The number of sulfonamides is 1. The molecule has 1 aliphatic heterocycles. The lowest BCUT2D eigenvalue weighted by atomic mass is 10.1. The van der Waals surface area contributed by atoms with Gasteiger partial charge < -0.3 is 10.6 Å². The number of carbonyl (C=O) groups excluding carboxylic acids is 2. The van der Waals surface area contributed by atoms with Gasteiger partial charge in [-0.1, -0.05) is 24.3 Å². The molecule has 206 valence electrons. The lowest BCUT2D eigenvalue weighted by Gasteiger charge is -2.17. The number of anilines is 1. The van der Waals surface area contributed by atoms with Crippen LogP contribution in [0.1, 0.15) is 49.5 Å². The second kappa shape index (κ2) is 10.4. The number of carbonyl (C=O) groups is 2. The largest absolute Gasteiger partial charge is 0.347 e. The highest BCUT2D eigenvalue weighted by atomic mass is 32.2. The molecule has 14 heteroatoms. The van der Waals surface area contributed by atoms with Crippen LogP contribution in [0.25, 0.3) is 11.4 Å². The molecule has 2 aromatic carbocycles. The number of amides is 2. The number of benzene rings is 2. The standard InChI is InChI=1S/C26H25FN8O4S/c1-14-8-16(4-7-19(14)27)11-28-25(36)20-10-21(30-13-29-20)26(37)32-22-12-35(40(3,38)39)23-9-17(5-6-18(22)23)24-31-15(2)33-34-24/h4-10,13,22H,11-12H2,1-3H3,(H,28,36)(H,32,37)(H,31,33,34). The molecule has 2 amide bonds. The third-order valence-electron chi connectivity index (χ3n) is 6.39. The maximum Gasteiger partial charge on any atom is 0.270 e. The van der Waals surface area contributed by atoms with Gasteiger partial charge in [-0.25, -0.2) is 27.8 Å². The molecule has 12 nitrogen and oxygen atoms in total. The monoisotopic (exact) mass is 564 g/mol. The quantitative estimate of drug-likeness (QED) is 0.308. The Kier molecular flexibility index (Phi) is 7.02. The van der Waals surface area contributed by atoms with Gasteiger partial charge in [0.1, 0.15) is 29.4 Å². The van der Waals surface area contributed by atoms with Crippen molar-refractivity contribution in [3.05, 3.63) is 88.5 Å². The smallest absolute Gasteiger partial charge is 0.270 e. The van der Waals surface area contributed by atoms with Crippen LogP contribution in [0.2, 0.25) is 0 Å². The first-order valence-electron chi connectivity index (χ1n) is 12.2. The number of H-pyrrole nitrogens is 1. The molecule has 1 aliphatic rings. The van der Waals surface area contributed by atoms with Crippen LogP contribution >= 0.6 is 0 Å². The normalized spacial score (nSPS) is 14.6. The van der Waals surface area contributed by atoms with Crippen LogP contribution in [-0.2, 0) is 16.6 Å². The number of aromatic amines is 1. The number of nitrogens with one attached hydrogen (secondary N) is 3. The van der Waals surface area contributed by atoms with Crippen molar-refractivity contribution in [3.8, 4) is 11.4 Å². The summed E-state index contributed by atoms with van der Waals surface area (Å²) < 4.78 is 39.8. The van der Waals surface area contributed by atoms with Crippen molar-refractivity contribution < 1.29 is 22.4 Å². The van der Waals surface area contributed by atoms with Gasteiger partial charge in [0.25, 0.3) is 11.8 Å². The maximum atomic E-state index is 13.5. The van der Waals surface area contributed by atoms with Crippen LogP contribution < -0.4 is 14.9 Å². The third-order valence-corrected chi connectivity index (χ3v) is 7.54. The van der Waals surface area contributed by atoms with E-state index in [0.29, 0.717) is 39.6 Å². The van der Waals surface area contributed by atoms with Gasteiger partial charge in [-0.15, -0.1) is 0 Å². The second-order valence-corrected chi connectivity index (χ2v) is 11.3. The topological polar surface area (TPSA) is 163 Å². The maximum absolute atomic E-state index is 13.5. The highest BCUT2D eigenvalue weighted by Crippen LogP contribution is 2.38. The zero-order valence-corrected chi connectivity index (χ0v) is 22.6. The molecule has 4 aromatic rings. The first kappa shape index (κ1) is 26.9. The van der Waals surface area contributed by atoms with Crippen molar-refractivity contribution >= 4 is 27.5 Å². The van der Waals surface area contributed by atoms with Crippen molar-refractivity contribution in [1.82, 2.24) is 35.8 Å². The molecule has 40 heavy (non-hydrogen) atoms. The van der Waals surface area contributed by atoms with Crippen LogP contribution in [0.15, 0.2) is 48.8 Å². The third kappa shape index (κ3) is 5.52. The van der Waals surface area contributed by atoms with E-state index in [-0.39, 0.29) is 30.3 Å². The number of rotatable bonds is 7. The van der Waals surface area contributed by atoms with E-state index in [4.69, 9.17) is 0 Å². The fourth-order valence-electron chi connectivity index (χ4n) is 4.39. The Balaban J connectivity index is 1.33. The van der Waals surface area contributed by atoms with Gasteiger partial charge >= 0.3 is 0 Å². The lowest BCUT2D eigenvalue weighted by molar-refractivity contribution is 0.0934. The van der Waals surface area contributed by atoms with E-state index in [9.17, 15) is 22.4 Å². The number of hydrogen-bond acceptors (Lipinski definition) is 8. The Morgan fingerprint density at radius 1 is 1.07 bits per heavy atom. The van der Waals surface area contributed by atoms with E-state index >= 15 is 0 Å². The van der Waals surface area contributed by atoms with Crippen LogP contribution in [-0.4, -0.2) is 58.2 Å². The first-order chi connectivity index (χ1) is 19.0. The predicted octanol–water partition coefficient (Wildman–Crippen LogP) is 2.20. The minimum atomic E-state index is -3.66. The molecule has 0 saturated carbocycles. The van der Waals surface area contributed by atoms with Gasteiger partial charge in [0, 0.05) is 23.7 Å². The van der Waals surface area contributed by atoms with E-state index in [2.05, 4.69) is 35.8 Å². The minimum absolute atomic E-state index is 0.0219. The molecule has 5 rings (SSSR count). The Labute approximate surface area is 229 Å². The minimum Gasteiger partial charge on any atom is -0.347 e. The van der Waals surface area contributed by atoms with Crippen molar-refractivity contribution in [2.24, 2.45) is 0 Å². The van der Waals surface area contributed by atoms with Crippen LogP contribution in [0.3, 0.4) is 0 Å². The van der Waals surface area contributed by atoms with Gasteiger partial charge in [0.05, 0.1) is 24.5 Å². The molecule has 3 heterocycles. The highest BCUT2D eigenvalue weighted by molar-refractivity contribution is 7.92. The molecule has 0 fully saturated rings. The zero-order chi connectivity index (χ0) is 28.6. The molecule has 0 aliphatic carbocycles. The molecular formula is C26H25FN8O4S. The molecular weight excluding hydrogens is 539 g/mol. The van der Waals surface area contributed by atoms with Gasteiger partial charge in [0.15, 0.2) is 5.82 Å². The Bertz CT molecular complexity index is 1740. The molecule has 0 bridgehead atoms. The average molecular weight is 565 g/mol. The summed E-state index contributed by atoms with van der Waals surface area (Å²) in [4.78, 5) is 38.0. The Morgan fingerprint density at radius 2 is 1.82 bits per heavy atom. The van der Waals surface area contributed by atoms with E-state index in [1.807, 2.05) is 0 Å². The second-order valence-electron chi connectivity index (χ2n) is 9.39. The summed E-state index contributed by atoms with van der Waals surface area (Å²) in [5.41, 5.74) is 2.68. The SMILES string of the molecule is Cc1nc(-c2ccc3c(c2)N(S(C)(=O)=O)CC3NC(=O)c2cc(C(=O)NCc3ccc(F)c(C)c3)ncn2)n[nH]1. The molecule has 1 unspecified atom stereocenters. The fraction of sp³-hybridized carbons (Fsp3) is 0.231. The number of aryl methyl sites for hydroxylation is 2. The van der Waals surface area contributed by atoms with Gasteiger partial charge in [0.2, 0.25) is 10.0 Å². The lowest BCUT2D eigenvalue weighted by Crippen LogP contribution is -2.35. The summed E-state index contributed by atoms with van der Waals surface area (Å²) >= 11 is 0. The summed E-state index contributed by atoms with van der Waals surface area (Å²) in [6, 6.07) is 10.2. The molecule has 1 atom stereocenters. The molecule has 2 aromatic heterocycles. The highest BCUT2D eigenvalue weighted by Gasteiger charge is 2.35. The number of halogens is 1. The van der Waals surface area contributed by atoms with Gasteiger partial charge in [-0.2, -0.15) is 5.10 Å². The number of aromatic nitrogens is 5. The average Bonchev–Trinajstić information content (AvgIpc) is 3.52.